The molecule has 1 amide bonds. The second kappa shape index (κ2) is 11.1. The number of ether oxygens (including phenoxy) is 1. The standard InChI is InChI=1S/C33H61NO4Si2/c1-12-14-20-39(8,9)38-26-22-33(7)25-17-19-32(6)18-15-16-24(32)28(25)23(30(36)37-13-2)21-27(33)34(29(26)35)40(10,11)31(3,4)5/h23-28H,12-22H2,1-11H3/t23-,24-,25-,26?,27+,28-,32-,33+/m0/s1. The molecule has 0 radical (unpaired) electrons. The van der Waals surface area contributed by atoms with Crippen molar-refractivity contribution in [1.82, 2.24) is 4.57 Å². The van der Waals surface area contributed by atoms with Crippen molar-refractivity contribution in [2.24, 2.45) is 34.5 Å². The SMILES string of the molecule is CCCC[Si](C)(C)OC1C[C@]2(C)[C@H]3CC[C@]4(C)CCC[C@H]4[C@@H]3[C@@H](C(=O)OCC)C[C@H]2N([Si](C)(C)C(C)(C)C)C1=O. The maximum atomic E-state index is 14.7. The number of hydrogen-bond acceptors (Lipinski definition) is 4. The quantitative estimate of drug-likeness (QED) is 0.210. The van der Waals surface area contributed by atoms with Crippen molar-refractivity contribution < 1.29 is 18.8 Å². The van der Waals surface area contributed by atoms with Gasteiger partial charge in [0.1, 0.15) is 6.10 Å². The predicted octanol–water partition coefficient (Wildman–Crippen LogP) is 8.40. The van der Waals surface area contributed by atoms with E-state index in [0.29, 0.717) is 29.8 Å². The van der Waals surface area contributed by atoms with E-state index in [2.05, 4.69) is 72.3 Å². The highest BCUT2D eigenvalue weighted by molar-refractivity contribution is 6.79. The van der Waals surface area contributed by atoms with Crippen molar-refractivity contribution in [2.45, 2.75) is 156 Å². The van der Waals surface area contributed by atoms with E-state index in [1.54, 1.807) is 0 Å². The summed E-state index contributed by atoms with van der Waals surface area (Å²) < 4.78 is 15.2. The van der Waals surface area contributed by atoms with Gasteiger partial charge in [0.05, 0.1) is 12.5 Å². The maximum Gasteiger partial charge on any atom is 0.309 e. The zero-order valence-electron chi connectivity index (χ0n) is 27.8. The number of carbonyl (C=O) groups is 2. The normalized spacial score (nSPS) is 38.5. The highest BCUT2D eigenvalue weighted by Gasteiger charge is 2.67. The van der Waals surface area contributed by atoms with Crippen molar-refractivity contribution in [3.63, 3.8) is 0 Å². The number of esters is 1. The number of fused-ring (bicyclic) bond motifs is 5. The summed E-state index contributed by atoms with van der Waals surface area (Å²) in [5.41, 5.74) is 0.282. The van der Waals surface area contributed by atoms with E-state index in [1.807, 2.05) is 6.92 Å². The number of piperidine rings is 1. The summed E-state index contributed by atoms with van der Waals surface area (Å²) in [6, 6.07) is 1.17. The Bertz CT molecular complexity index is 961. The van der Waals surface area contributed by atoms with Crippen LogP contribution < -0.4 is 0 Å². The van der Waals surface area contributed by atoms with Gasteiger partial charge in [-0.2, -0.15) is 0 Å². The molecule has 1 aliphatic heterocycles. The Morgan fingerprint density at radius 3 is 2.33 bits per heavy atom. The highest BCUT2D eigenvalue weighted by atomic mass is 28.4. The minimum absolute atomic E-state index is 0.00742. The van der Waals surface area contributed by atoms with Crippen LogP contribution in [-0.2, 0) is 18.8 Å². The zero-order chi connectivity index (χ0) is 29.9. The van der Waals surface area contributed by atoms with Gasteiger partial charge in [-0.15, -0.1) is 0 Å². The molecule has 3 saturated carbocycles. The number of carbonyl (C=O) groups excluding carboxylic acids is 2. The minimum atomic E-state index is -2.28. The Kier molecular flexibility index (Phi) is 8.96. The topological polar surface area (TPSA) is 55.8 Å². The fraction of sp³-hybridized carbons (Fsp3) is 0.939. The molecule has 1 saturated heterocycles. The Balaban J connectivity index is 1.83. The molecule has 0 aromatic heterocycles. The van der Waals surface area contributed by atoms with Crippen LogP contribution in [0.1, 0.15) is 106 Å². The van der Waals surface area contributed by atoms with Crippen LogP contribution >= 0.6 is 0 Å². The van der Waals surface area contributed by atoms with Gasteiger partial charge in [-0.25, -0.2) is 0 Å². The molecule has 0 aromatic rings. The van der Waals surface area contributed by atoms with Crippen LogP contribution in [0.4, 0.5) is 0 Å². The molecule has 0 bridgehead atoms. The van der Waals surface area contributed by atoms with Crippen LogP contribution in [-0.4, -0.2) is 51.7 Å². The zero-order valence-corrected chi connectivity index (χ0v) is 29.8. The Hall–Kier alpha value is -0.666. The molecular weight excluding hydrogens is 531 g/mol. The first kappa shape index (κ1) is 32.3. The molecule has 7 heteroatoms. The van der Waals surface area contributed by atoms with Gasteiger partial charge in [-0.3, -0.25) is 9.59 Å². The lowest BCUT2D eigenvalue weighted by molar-refractivity contribution is -0.186. The lowest BCUT2D eigenvalue weighted by Gasteiger charge is -2.67. The third kappa shape index (κ3) is 5.42. The average Bonchev–Trinajstić information content (AvgIpc) is 3.24. The van der Waals surface area contributed by atoms with Crippen LogP contribution in [0.15, 0.2) is 0 Å². The van der Waals surface area contributed by atoms with Gasteiger partial charge >= 0.3 is 5.97 Å². The Morgan fingerprint density at radius 2 is 1.73 bits per heavy atom. The van der Waals surface area contributed by atoms with E-state index >= 15 is 0 Å². The summed E-state index contributed by atoms with van der Waals surface area (Å²) in [5.74, 6) is 1.44. The van der Waals surface area contributed by atoms with E-state index in [0.717, 1.165) is 38.1 Å². The third-order valence-corrected chi connectivity index (χ3v) is 20.6. The molecule has 1 unspecified atom stereocenters. The van der Waals surface area contributed by atoms with Crippen molar-refractivity contribution in [1.29, 1.82) is 0 Å². The van der Waals surface area contributed by atoms with Crippen LogP contribution in [0, 0.1) is 34.5 Å². The summed E-state index contributed by atoms with van der Waals surface area (Å²) in [5, 5.41) is 0.00742. The summed E-state index contributed by atoms with van der Waals surface area (Å²) in [4.78, 5) is 28.5. The van der Waals surface area contributed by atoms with E-state index in [-0.39, 0.29) is 40.4 Å². The largest absolute Gasteiger partial charge is 0.466 e. The summed E-state index contributed by atoms with van der Waals surface area (Å²) >= 11 is 0. The molecule has 0 N–H and O–H groups in total. The van der Waals surface area contributed by atoms with Crippen molar-refractivity contribution >= 4 is 28.4 Å². The molecule has 1 heterocycles. The average molecular weight is 592 g/mol. The number of nitrogens with zero attached hydrogens (tertiary/aromatic N) is 1. The Labute approximate surface area is 248 Å². The van der Waals surface area contributed by atoms with E-state index in [4.69, 9.17) is 9.16 Å². The highest BCUT2D eigenvalue weighted by Crippen LogP contribution is 2.67. The molecule has 0 aromatic carbocycles. The van der Waals surface area contributed by atoms with Crippen LogP contribution in [0.5, 0.6) is 0 Å². The second-order valence-corrected chi connectivity index (χ2v) is 26.0. The molecule has 8 atom stereocenters. The summed E-state index contributed by atoms with van der Waals surface area (Å²) in [6.45, 7) is 25.9. The second-order valence-electron chi connectivity index (χ2n) is 16.7. The lowest BCUT2D eigenvalue weighted by atomic mass is 9.45. The van der Waals surface area contributed by atoms with Crippen LogP contribution in [0.2, 0.25) is 37.3 Å². The molecule has 5 nitrogen and oxygen atoms in total. The van der Waals surface area contributed by atoms with E-state index in [1.165, 1.54) is 25.7 Å². The fourth-order valence-corrected chi connectivity index (χ4v) is 14.5. The van der Waals surface area contributed by atoms with E-state index in [9.17, 15) is 9.59 Å². The van der Waals surface area contributed by atoms with Gasteiger partial charge in [0, 0.05) is 6.04 Å². The van der Waals surface area contributed by atoms with Gasteiger partial charge in [-0.1, -0.05) is 73.9 Å². The minimum Gasteiger partial charge on any atom is -0.466 e. The van der Waals surface area contributed by atoms with Gasteiger partial charge < -0.3 is 13.7 Å². The third-order valence-electron chi connectivity index (χ3n) is 12.7. The molecule has 230 valence electrons. The first-order valence-electron chi connectivity index (χ1n) is 16.6. The first-order chi connectivity index (χ1) is 18.4. The number of rotatable bonds is 8. The lowest BCUT2D eigenvalue weighted by Crippen LogP contribution is -2.74. The van der Waals surface area contributed by atoms with Gasteiger partial charge in [-0.05, 0) is 98.2 Å². The molecule has 4 rings (SSSR count). The summed E-state index contributed by atoms with van der Waals surface area (Å²) in [6.07, 6.45) is 9.73. The van der Waals surface area contributed by atoms with Gasteiger partial charge in [0.25, 0.3) is 0 Å². The van der Waals surface area contributed by atoms with Crippen LogP contribution in [0.3, 0.4) is 0 Å². The van der Waals surface area contributed by atoms with E-state index < -0.39 is 16.6 Å². The molecule has 0 spiro atoms. The first-order valence-corrected chi connectivity index (χ1v) is 22.7. The molecule has 40 heavy (non-hydrogen) atoms. The number of hydrogen-bond donors (Lipinski definition) is 0. The Morgan fingerprint density at radius 1 is 1.05 bits per heavy atom. The van der Waals surface area contributed by atoms with Crippen molar-refractivity contribution in [2.75, 3.05) is 6.61 Å². The number of unbranched alkanes of at least 4 members (excludes halogenated alkanes) is 1. The maximum absolute atomic E-state index is 14.7. The summed E-state index contributed by atoms with van der Waals surface area (Å²) in [7, 11) is -4.28. The molecule has 4 aliphatic rings. The molecular formula is C33H61NO4Si2. The van der Waals surface area contributed by atoms with Gasteiger partial charge in [0.2, 0.25) is 5.91 Å². The molecule has 3 aliphatic carbocycles. The van der Waals surface area contributed by atoms with Crippen molar-refractivity contribution in [3.05, 3.63) is 0 Å². The fourth-order valence-electron chi connectivity index (χ4n) is 9.58. The predicted molar refractivity (Wildman–Crippen MR) is 169 cm³/mol. The van der Waals surface area contributed by atoms with Crippen LogP contribution in [0.25, 0.3) is 0 Å². The number of amides is 1. The molecule has 4 fully saturated rings. The monoisotopic (exact) mass is 591 g/mol. The smallest absolute Gasteiger partial charge is 0.309 e. The van der Waals surface area contributed by atoms with Crippen molar-refractivity contribution in [3.8, 4) is 0 Å². The van der Waals surface area contributed by atoms with Gasteiger partial charge in [0.15, 0.2) is 16.6 Å².